The summed E-state index contributed by atoms with van der Waals surface area (Å²) in [6.45, 7) is 2.82. The lowest BCUT2D eigenvalue weighted by molar-refractivity contribution is -0.385. The first kappa shape index (κ1) is 15.1. The van der Waals surface area contributed by atoms with Crippen molar-refractivity contribution in [3.8, 4) is 5.75 Å². The number of nitrogens with zero attached hydrogens (tertiary/aromatic N) is 2. The van der Waals surface area contributed by atoms with Crippen molar-refractivity contribution in [1.29, 1.82) is 0 Å². The van der Waals surface area contributed by atoms with Gasteiger partial charge in [0, 0.05) is 19.1 Å². The molecule has 2 aliphatic rings. The van der Waals surface area contributed by atoms with Crippen LogP contribution in [0.1, 0.15) is 25.7 Å². The average Bonchev–Trinajstić information content (AvgIpc) is 3.37. The van der Waals surface area contributed by atoms with E-state index >= 15 is 0 Å². The predicted octanol–water partition coefficient (Wildman–Crippen LogP) is 2.57. The third-order valence-electron chi connectivity index (χ3n) is 4.61. The lowest BCUT2D eigenvalue weighted by atomic mass is 10.0. The van der Waals surface area contributed by atoms with Crippen LogP contribution in [0.2, 0.25) is 0 Å². The molecule has 0 spiro atoms. The van der Waals surface area contributed by atoms with Crippen molar-refractivity contribution in [3.63, 3.8) is 0 Å². The molecule has 0 bridgehead atoms. The molecule has 0 atom stereocenters. The minimum Gasteiger partial charge on any atom is -0.490 e. The van der Waals surface area contributed by atoms with Crippen LogP contribution >= 0.6 is 0 Å². The number of para-hydroxylation sites is 1. The van der Waals surface area contributed by atoms with Crippen molar-refractivity contribution in [3.05, 3.63) is 28.3 Å². The van der Waals surface area contributed by atoms with Crippen molar-refractivity contribution in [2.45, 2.75) is 31.7 Å². The highest BCUT2D eigenvalue weighted by Crippen LogP contribution is 2.38. The van der Waals surface area contributed by atoms with Crippen molar-refractivity contribution in [2.24, 2.45) is 5.92 Å². The summed E-state index contributed by atoms with van der Waals surface area (Å²) < 4.78 is 5.15. The summed E-state index contributed by atoms with van der Waals surface area (Å²) in [5.74, 6) is 1.22. The van der Waals surface area contributed by atoms with E-state index in [1.54, 1.807) is 6.07 Å². The highest BCUT2D eigenvalue weighted by molar-refractivity contribution is 5.69. The Kier molecular flexibility index (Phi) is 4.47. The molecular weight excluding hydrogens is 282 g/mol. The van der Waals surface area contributed by atoms with Crippen molar-refractivity contribution in [2.75, 3.05) is 31.6 Å². The number of nitro groups is 1. The quantitative estimate of drug-likeness (QED) is 0.646. The number of methoxy groups -OCH3 is 1. The number of benzene rings is 1. The second kappa shape index (κ2) is 6.52. The Balaban J connectivity index is 1.66. The summed E-state index contributed by atoms with van der Waals surface area (Å²) in [4.78, 5) is 13.1. The summed E-state index contributed by atoms with van der Waals surface area (Å²) in [6.07, 6.45) is 4.78. The van der Waals surface area contributed by atoms with Gasteiger partial charge in [-0.2, -0.15) is 0 Å². The molecule has 22 heavy (non-hydrogen) atoms. The number of hydrogen-bond donors (Lipinski definition) is 1. The zero-order valence-electron chi connectivity index (χ0n) is 13.0. The molecule has 1 aliphatic heterocycles. The number of piperidine rings is 1. The fourth-order valence-corrected chi connectivity index (χ4v) is 3.09. The molecule has 1 aromatic rings. The number of ether oxygens (including phenoxy) is 1. The molecule has 0 unspecified atom stereocenters. The molecule has 0 radical (unpaired) electrons. The second-order valence-corrected chi connectivity index (χ2v) is 6.20. The Morgan fingerprint density at radius 2 is 2.05 bits per heavy atom. The van der Waals surface area contributed by atoms with Gasteiger partial charge in [-0.05, 0) is 50.3 Å². The maximum Gasteiger partial charge on any atom is 0.333 e. The first-order valence-corrected chi connectivity index (χ1v) is 7.98. The van der Waals surface area contributed by atoms with Gasteiger partial charge in [0.05, 0.1) is 12.0 Å². The molecule has 0 aromatic heterocycles. The lowest BCUT2D eigenvalue weighted by Crippen LogP contribution is -2.43. The van der Waals surface area contributed by atoms with E-state index in [9.17, 15) is 10.1 Å². The van der Waals surface area contributed by atoms with Gasteiger partial charge < -0.3 is 15.0 Å². The average molecular weight is 305 g/mol. The van der Waals surface area contributed by atoms with E-state index in [0.29, 0.717) is 17.5 Å². The van der Waals surface area contributed by atoms with Crippen LogP contribution in [0.3, 0.4) is 0 Å². The van der Waals surface area contributed by atoms with Crippen LogP contribution in [0.25, 0.3) is 0 Å². The van der Waals surface area contributed by atoms with Crippen LogP contribution < -0.4 is 15.0 Å². The lowest BCUT2D eigenvalue weighted by Gasteiger charge is -2.33. The normalized spacial score (nSPS) is 19.2. The largest absolute Gasteiger partial charge is 0.490 e. The minimum absolute atomic E-state index is 0.0781. The predicted molar refractivity (Wildman–Crippen MR) is 85.6 cm³/mol. The fraction of sp³-hybridized carbons (Fsp3) is 0.625. The first-order valence-electron chi connectivity index (χ1n) is 7.98. The van der Waals surface area contributed by atoms with E-state index in [0.717, 1.165) is 38.4 Å². The first-order chi connectivity index (χ1) is 10.7. The molecule has 120 valence electrons. The Labute approximate surface area is 130 Å². The Hall–Kier alpha value is -1.82. The van der Waals surface area contributed by atoms with Crippen molar-refractivity contribution >= 4 is 11.4 Å². The van der Waals surface area contributed by atoms with Gasteiger partial charge in [0.1, 0.15) is 5.69 Å². The van der Waals surface area contributed by atoms with Crippen LogP contribution in [0.5, 0.6) is 5.75 Å². The summed E-state index contributed by atoms with van der Waals surface area (Å²) in [5, 5.41) is 15.0. The Morgan fingerprint density at radius 1 is 1.32 bits per heavy atom. The zero-order valence-corrected chi connectivity index (χ0v) is 13.0. The SMILES string of the molecule is COc1cccc(N2CCC(NCC3CC3)CC2)c1[N+](=O)[O-]. The van der Waals surface area contributed by atoms with E-state index in [1.165, 1.54) is 20.0 Å². The topological polar surface area (TPSA) is 67.6 Å². The molecule has 1 heterocycles. The third kappa shape index (κ3) is 3.32. The van der Waals surface area contributed by atoms with Crippen molar-refractivity contribution in [1.82, 2.24) is 5.32 Å². The van der Waals surface area contributed by atoms with E-state index in [-0.39, 0.29) is 10.6 Å². The standard InChI is InChI=1S/C16H23N3O3/c1-22-15-4-2-3-14(16(15)19(20)21)18-9-7-13(8-10-18)17-11-12-5-6-12/h2-4,12-13,17H,5-11H2,1H3. The Bertz CT molecular complexity index is 537. The molecular formula is C16H23N3O3. The van der Waals surface area contributed by atoms with Gasteiger partial charge in [0.15, 0.2) is 5.75 Å². The van der Waals surface area contributed by atoms with Gasteiger partial charge in [0.2, 0.25) is 0 Å². The molecule has 1 saturated heterocycles. The van der Waals surface area contributed by atoms with Gasteiger partial charge in [0.25, 0.3) is 0 Å². The number of nitrogens with one attached hydrogen (secondary N) is 1. The zero-order chi connectivity index (χ0) is 15.5. The van der Waals surface area contributed by atoms with E-state index < -0.39 is 0 Å². The van der Waals surface area contributed by atoms with Gasteiger partial charge in [-0.1, -0.05) is 6.07 Å². The summed E-state index contributed by atoms with van der Waals surface area (Å²) in [5.41, 5.74) is 0.749. The highest BCUT2D eigenvalue weighted by Gasteiger charge is 2.28. The molecule has 1 N–H and O–H groups in total. The van der Waals surface area contributed by atoms with Gasteiger partial charge in [-0.25, -0.2) is 0 Å². The molecule has 1 aromatic carbocycles. The number of hydrogen-bond acceptors (Lipinski definition) is 5. The molecule has 3 rings (SSSR count). The minimum atomic E-state index is -0.342. The molecule has 1 saturated carbocycles. The van der Waals surface area contributed by atoms with Crippen LogP contribution in [0.4, 0.5) is 11.4 Å². The van der Waals surface area contributed by atoms with Gasteiger partial charge in [-0.3, -0.25) is 10.1 Å². The summed E-state index contributed by atoms with van der Waals surface area (Å²) >= 11 is 0. The second-order valence-electron chi connectivity index (χ2n) is 6.20. The monoisotopic (exact) mass is 305 g/mol. The Morgan fingerprint density at radius 3 is 2.64 bits per heavy atom. The molecule has 1 aliphatic carbocycles. The van der Waals surface area contributed by atoms with Crippen molar-refractivity contribution < 1.29 is 9.66 Å². The van der Waals surface area contributed by atoms with Gasteiger partial charge >= 0.3 is 5.69 Å². The van der Waals surface area contributed by atoms with E-state index in [2.05, 4.69) is 10.2 Å². The summed E-state index contributed by atoms with van der Waals surface area (Å²) in [6, 6.07) is 5.82. The number of nitro benzene ring substituents is 1. The maximum atomic E-state index is 11.4. The summed E-state index contributed by atoms with van der Waals surface area (Å²) in [7, 11) is 1.47. The molecule has 0 amide bonds. The van der Waals surface area contributed by atoms with Crippen LogP contribution in [-0.4, -0.2) is 37.7 Å². The van der Waals surface area contributed by atoms with E-state index in [1.807, 2.05) is 12.1 Å². The molecule has 2 fully saturated rings. The van der Waals surface area contributed by atoms with E-state index in [4.69, 9.17) is 4.74 Å². The van der Waals surface area contributed by atoms with Crippen LogP contribution in [-0.2, 0) is 0 Å². The number of anilines is 1. The molecule has 6 nitrogen and oxygen atoms in total. The molecule has 6 heteroatoms. The maximum absolute atomic E-state index is 11.4. The fourth-order valence-electron chi connectivity index (χ4n) is 3.09. The highest BCUT2D eigenvalue weighted by atomic mass is 16.6. The van der Waals surface area contributed by atoms with Crippen LogP contribution in [0, 0.1) is 16.0 Å². The van der Waals surface area contributed by atoms with Gasteiger partial charge in [-0.15, -0.1) is 0 Å². The third-order valence-corrected chi connectivity index (χ3v) is 4.61. The smallest absolute Gasteiger partial charge is 0.333 e. The number of rotatable bonds is 6. The van der Waals surface area contributed by atoms with Crippen LogP contribution in [0.15, 0.2) is 18.2 Å².